The van der Waals surface area contributed by atoms with Gasteiger partial charge in [-0.05, 0) is 29.7 Å². The van der Waals surface area contributed by atoms with Gasteiger partial charge in [0.15, 0.2) is 0 Å². The largest absolute Gasteiger partial charge is 0.508 e. The van der Waals surface area contributed by atoms with Crippen LogP contribution in [-0.4, -0.2) is 30.2 Å². The van der Waals surface area contributed by atoms with Gasteiger partial charge >= 0.3 is 0 Å². The minimum absolute atomic E-state index is 0.167. The van der Waals surface area contributed by atoms with Gasteiger partial charge in [0, 0.05) is 12.6 Å². The quantitative estimate of drug-likeness (QED) is 0.799. The van der Waals surface area contributed by atoms with E-state index in [1.54, 1.807) is 19.2 Å². The SMILES string of the molecule is CON(C)C(=O)c1ccc(O)c(C(C)C)c1. The predicted molar refractivity (Wildman–Crippen MR) is 61.3 cm³/mol. The molecular weight excluding hydrogens is 206 g/mol. The lowest BCUT2D eigenvalue weighted by atomic mass is 9.99. The van der Waals surface area contributed by atoms with Crippen LogP contribution in [0.25, 0.3) is 0 Å². The van der Waals surface area contributed by atoms with E-state index in [4.69, 9.17) is 4.84 Å². The van der Waals surface area contributed by atoms with Crippen molar-refractivity contribution in [3.8, 4) is 5.75 Å². The van der Waals surface area contributed by atoms with Crippen molar-refractivity contribution in [2.45, 2.75) is 19.8 Å². The van der Waals surface area contributed by atoms with Crippen molar-refractivity contribution < 1.29 is 14.7 Å². The van der Waals surface area contributed by atoms with E-state index < -0.39 is 0 Å². The number of nitrogens with zero attached hydrogens (tertiary/aromatic N) is 1. The van der Waals surface area contributed by atoms with Gasteiger partial charge in [0.1, 0.15) is 5.75 Å². The molecule has 0 spiro atoms. The summed E-state index contributed by atoms with van der Waals surface area (Å²) in [6.07, 6.45) is 0. The first-order valence-corrected chi connectivity index (χ1v) is 5.12. The van der Waals surface area contributed by atoms with Crippen LogP contribution >= 0.6 is 0 Å². The molecule has 88 valence electrons. The molecule has 1 N–H and O–H groups in total. The number of rotatable bonds is 3. The zero-order valence-corrected chi connectivity index (χ0v) is 10.0. The minimum Gasteiger partial charge on any atom is -0.508 e. The molecule has 1 amide bonds. The maximum absolute atomic E-state index is 11.8. The lowest BCUT2D eigenvalue weighted by molar-refractivity contribution is -0.0757. The molecule has 16 heavy (non-hydrogen) atoms. The fourth-order valence-corrected chi connectivity index (χ4v) is 1.41. The number of aromatic hydroxyl groups is 1. The molecule has 0 atom stereocenters. The Morgan fingerprint density at radius 3 is 2.56 bits per heavy atom. The van der Waals surface area contributed by atoms with Crippen molar-refractivity contribution >= 4 is 5.91 Å². The Morgan fingerprint density at radius 1 is 1.44 bits per heavy atom. The number of hydrogen-bond donors (Lipinski definition) is 1. The number of carbonyl (C=O) groups is 1. The van der Waals surface area contributed by atoms with Gasteiger partial charge in [0.2, 0.25) is 0 Å². The van der Waals surface area contributed by atoms with Crippen LogP contribution in [0.5, 0.6) is 5.75 Å². The van der Waals surface area contributed by atoms with Gasteiger partial charge in [-0.3, -0.25) is 9.63 Å². The molecule has 0 bridgehead atoms. The van der Waals surface area contributed by atoms with Crippen LogP contribution in [0.15, 0.2) is 18.2 Å². The predicted octanol–water partition coefficient (Wildman–Crippen LogP) is 2.15. The first kappa shape index (κ1) is 12.5. The van der Waals surface area contributed by atoms with Crippen LogP contribution in [0, 0.1) is 0 Å². The summed E-state index contributed by atoms with van der Waals surface area (Å²) < 4.78 is 0. The van der Waals surface area contributed by atoms with Gasteiger partial charge in [-0.1, -0.05) is 13.8 Å². The molecule has 0 heterocycles. The highest BCUT2D eigenvalue weighted by Gasteiger charge is 2.14. The molecule has 0 aliphatic heterocycles. The monoisotopic (exact) mass is 223 g/mol. The maximum Gasteiger partial charge on any atom is 0.277 e. The van der Waals surface area contributed by atoms with Gasteiger partial charge in [-0.25, -0.2) is 5.06 Å². The number of phenols is 1. The number of benzene rings is 1. The molecule has 0 saturated carbocycles. The Hall–Kier alpha value is -1.55. The molecule has 0 aliphatic carbocycles. The Kier molecular flexibility index (Phi) is 3.90. The van der Waals surface area contributed by atoms with Crippen LogP contribution < -0.4 is 0 Å². The van der Waals surface area contributed by atoms with Crippen molar-refractivity contribution in [2.75, 3.05) is 14.2 Å². The number of hydrogen-bond acceptors (Lipinski definition) is 3. The molecule has 1 rings (SSSR count). The third kappa shape index (κ3) is 2.52. The Morgan fingerprint density at radius 2 is 2.06 bits per heavy atom. The molecule has 1 aromatic carbocycles. The van der Waals surface area contributed by atoms with Crippen LogP contribution in [0.3, 0.4) is 0 Å². The highest BCUT2D eigenvalue weighted by atomic mass is 16.7. The highest BCUT2D eigenvalue weighted by Crippen LogP contribution is 2.26. The van der Waals surface area contributed by atoms with Gasteiger partial charge < -0.3 is 5.11 Å². The summed E-state index contributed by atoms with van der Waals surface area (Å²) in [6.45, 7) is 3.92. The third-order valence-corrected chi connectivity index (χ3v) is 2.46. The fourth-order valence-electron chi connectivity index (χ4n) is 1.41. The van der Waals surface area contributed by atoms with Crippen molar-refractivity contribution in [3.63, 3.8) is 0 Å². The third-order valence-electron chi connectivity index (χ3n) is 2.46. The topological polar surface area (TPSA) is 49.8 Å². The second kappa shape index (κ2) is 4.99. The minimum atomic E-state index is -0.232. The molecule has 0 aromatic heterocycles. The lowest BCUT2D eigenvalue weighted by Gasteiger charge is -2.15. The number of hydroxylamine groups is 2. The summed E-state index contributed by atoms with van der Waals surface area (Å²) in [4.78, 5) is 16.6. The molecule has 0 aliphatic rings. The van der Waals surface area contributed by atoms with Crippen LogP contribution in [-0.2, 0) is 4.84 Å². The lowest BCUT2D eigenvalue weighted by Crippen LogP contribution is -2.25. The first-order chi connectivity index (χ1) is 7.47. The number of amides is 1. The Balaban J connectivity index is 3.08. The van der Waals surface area contributed by atoms with Crippen LogP contribution in [0.2, 0.25) is 0 Å². The standard InChI is InChI=1S/C12H17NO3/c1-8(2)10-7-9(5-6-11(10)14)12(15)13(3)16-4/h5-8,14H,1-4H3. The van der Waals surface area contributed by atoms with E-state index in [1.165, 1.54) is 13.2 Å². The van der Waals surface area contributed by atoms with Gasteiger partial charge in [0.05, 0.1) is 7.11 Å². The average Bonchev–Trinajstić information content (AvgIpc) is 2.27. The van der Waals surface area contributed by atoms with E-state index in [0.29, 0.717) is 5.56 Å². The first-order valence-electron chi connectivity index (χ1n) is 5.12. The smallest absolute Gasteiger partial charge is 0.277 e. The summed E-state index contributed by atoms with van der Waals surface area (Å²) in [7, 11) is 2.98. The second-order valence-electron chi connectivity index (χ2n) is 3.91. The molecule has 4 nitrogen and oxygen atoms in total. The van der Waals surface area contributed by atoms with E-state index in [0.717, 1.165) is 10.6 Å². The molecule has 0 unspecified atom stereocenters. The molecule has 1 aromatic rings. The molecule has 0 saturated heterocycles. The van der Waals surface area contributed by atoms with Crippen molar-refractivity contribution in [1.82, 2.24) is 5.06 Å². The van der Waals surface area contributed by atoms with Gasteiger partial charge in [-0.2, -0.15) is 0 Å². The summed E-state index contributed by atoms with van der Waals surface area (Å²) in [5.74, 6) is 0.150. The molecular formula is C12H17NO3. The van der Waals surface area contributed by atoms with Crippen molar-refractivity contribution in [3.05, 3.63) is 29.3 Å². The second-order valence-corrected chi connectivity index (χ2v) is 3.91. The highest BCUT2D eigenvalue weighted by molar-refractivity contribution is 5.93. The molecule has 0 fully saturated rings. The van der Waals surface area contributed by atoms with Gasteiger partial charge in [-0.15, -0.1) is 0 Å². The molecule has 4 heteroatoms. The van der Waals surface area contributed by atoms with Crippen LogP contribution in [0.1, 0.15) is 35.7 Å². The van der Waals surface area contributed by atoms with Gasteiger partial charge in [0.25, 0.3) is 5.91 Å². The number of carbonyl (C=O) groups excluding carboxylic acids is 1. The Labute approximate surface area is 95.4 Å². The van der Waals surface area contributed by atoms with E-state index >= 15 is 0 Å². The summed E-state index contributed by atoms with van der Waals surface area (Å²) >= 11 is 0. The van der Waals surface area contributed by atoms with Crippen LogP contribution in [0.4, 0.5) is 0 Å². The normalized spacial score (nSPS) is 10.6. The maximum atomic E-state index is 11.8. The van der Waals surface area contributed by atoms with E-state index in [2.05, 4.69) is 0 Å². The van der Waals surface area contributed by atoms with E-state index in [1.807, 2.05) is 13.8 Å². The van der Waals surface area contributed by atoms with Crippen molar-refractivity contribution in [1.29, 1.82) is 0 Å². The number of phenolic OH excluding ortho intramolecular Hbond substituents is 1. The zero-order chi connectivity index (χ0) is 12.3. The van der Waals surface area contributed by atoms with E-state index in [9.17, 15) is 9.90 Å². The summed E-state index contributed by atoms with van der Waals surface area (Å²) in [6, 6.07) is 4.81. The molecule has 0 radical (unpaired) electrons. The summed E-state index contributed by atoms with van der Waals surface area (Å²) in [5, 5.41) is 10.8. The van der Waals surface area contributed by atoms with E-state index in [-0.39, 0.29) is 17.6 Å². The summed E-state index contributed by atoms with van der Waals surface area (Å²) in [5.41, 5.74) is 1.27. The average molecular weight is 223 g/mol. The Bertz CT molecular complexity index is 388. The fraction of sp³-hybridized carbons (Fsp3) is 0.417. The van der Waals surface area contributed by atoms with Crippen molar-refractivity contribution in [2.24, 2.45) is 0 Å². The zero-order valence-electron chi connectivity index (χ0n) is 10.0.